The van der Waals surface area contributed by atoms with Crippen LogP contribution >= 0.6 is 0 Å². The lowest BCUT2D eigenvalue weighted by Crippen LogP contribution is -2.38. The third-order valence-corrected chi connectivity index (χ3v) is 5.09. The fraction of sp³-hybridized carbons (Fsp3) is 0.522. The minimum Gasteiger partial charge on any atom is -0.493 e. The molecular weight excluding hydrogens is 382 g/mol. The molecule has 164 valence electrons. The molecule has 2 aromatic rings. The van der Waals surface area contributed by atoms with Gasteiger partial charge in [-0.15, -0.1) is 0 Å². The number of likely N-dealkylation sites (tertiary alicyclic amines) is 1. The molecule has 0 radical (unpaired) electrons. The van der Waals surface area contributed by atoms with E-state index in [1.807, 2.05) is 30.3 Å². The van der Waals surface area contributed by atoms with Crippen LogP contribution in [0, 0.1) is 0 Å². The Bertz CT molecular complexity index is 738. The van der Waals surface area contributed by atoms with E-state index < -0.39 is 6.10 Å². The quantitative estimate of drug-likeness (QED) is 0.516. The maximum atomic E-state index is 10.4. The fourth-order valence-electron chi connectivity index (χ4n) is 3.53. The van der Waals surface area contributed by atoms with Crippen molar-refractivity contribution in [3.63, 3.8) is 0 Å². The summed E-state index contributed by atoms with van der Waals surface area (Å²) >= 11 is 0. The Morgan fingerprint density at radius 2 is 2.00 bits per heavy atom. The number of aliphatic hydroxyl groups is 1. The van der Waals surface area contributed by atoms with Gasteiger partial charge in [0, 0.05) is 25.8 Å². The van der Waals surface area contributed by atoms with Gasteiger partial charge >= 0.3 is 0 Å². The topological polar surface area (TPSA) is 76.1 Å². The molecule has 0 bridgehead atoms. The van der Waals surface area contributed by atoms with Gasteiger partial charge in [-0.25, -0.2) is 0 Å². The molecule has 7 nitrogen and oxygen atoms in total. The molecule has 3 rings (SSSR count). The zero-order valence-electron chi connectivity index (χ0n) is 17.8. The highest BCUT2D eigenvalue weighted by atomic mass is 16.5. The van der Waals surface area contributed by atoms with Crippen LogP contribution in [0.25, 0.3) is 0 Å². The van der Waals surface area contributed by atoms with Crippen molar-refractivity contribution in [1.82, 2.24) is 15.2 Å². The number of hydrogen-bond acceptors (Lipinski definition) is 7. The average molecular weight is 416 g/mol. The Morgan fingerprint density at radius 3 is 2.77 bits per heavy atom. The summed E-state index contributed by atoms with van der Waals surface area (Å²) in [6.45, 7) is 4.99. The normalized spacial score (nSPS) is 15.5. The third kappa shape index (κ3) is 7.48. The Labute approximate surface area is 179 Å². The number of aliphatic hydroxyl groups excluding tert-OH is 1. The molecule has 1 atom stereocenters. The van der Waals surface area contributed by atoms with Crippen LogP contribution in [-0.2, 0) is 6.54 Å². The molecular formula is C23H33N3O4. The number of methoxy groups -OCH3 is 1. The molecule has 1 saturated heterocycles. The zero-order valence-corrected chi connectivity index (χ0v) is 17.8. The number of nitrogens with zero attached hydrogens (tertiary/aromatic N) is 2. The van der Waals surface area contributed by atoms with E-state index in [9.17, 15) is 5.11 Å². The summed E-state index contributed by atoms with van der Waals surface area (Å²) in [6.07, 6.45) is 6.62. The number of aromatic nitrogens is 1. The lowest BCUT2D eigenvalue weighted by Gasteiger charge is -2.28. The number of pyridine rings is 1. The van der Waals surface area contributed by atoms with E-state index in [4.69, 9.17) is 14.2 Å². The number of benzene rings is 1. The number of hydrogen-bond donors (Lipinski definition) is 2. The minimum absolute atomic E-state index is 0.253. The first-order valence-corrected chi connectivity index (χ1v) is 10.7. The van der Waals surface area contributed by atoms with Gasteiger partial charge in [-0.2, -0.15) is 0 Å². The smallest absolute Gasteiger partial charge is 0.161 e. The second-order valence-electron chi connectivity index (χ2n) is 7.53. The second-order valence-corrected chi connectivity index (χ2v) is 7.53. The summed E-state index contributed by atoms with van der Waals surface area (Å²) in [6, 6.07) is 9.60. The van der Waals surface area contributed by atoms with Crippen molar-refractivity contribution in [3.8, 4) is 17.2 Å². The summed E-state index contributed by atoms with van der Waals surface area (Å²) in [4.78, 5) is 6.34. The van der Waals surface area contributed by atoms with Crippen molar-refractivity contribution >= 4 is 0 Å². The molecule has 30 heavy (non-hydrogen) atoms. The molecule has 0 amide bonds. The average Bonchev–Trinajstić information content (AvgIpc) is 2.79. The summed E-state index contributed by atoms with van der Waals surface area (Å²) in [5.41, 5.74) is 1.08. The van der Waals surface area contributed by atoms with E-state index in [2.05, 4.69) is 15.2 Å². The van der Waals surface area contributed by atoms with Gasteiger partial charge in [0.25, 0.3) is 0 Å². The van der Waals surface area contributed by atoms with Crippen LogP contribution in [0.5, 0.6) is 17.2 Å². The van der Waals surface area contributed by atoms with Crippen molar-refractivity contribution in [2.45, 2.75) is 31.9 Å². The van der Waals surface area contributed by atoms with Gasteiger partial charge in [0.05, 0.1) is 13.3 Å². The number of piperidine rings is 1. The molecule has 0 unspecified atom stereocenters. The Hall–Kier alpha value is -2.35. The number of nitrogens with one attached hydrogen (secondary N) is 1. The molecule has 1 aromatic heterocycles. The standard InChI is InChI=1S/C23H33N3O4/c1-28-22-8-7-19(15-25-10-13-29-21-6-5-9-24-16-21)14-23(22)30-18-20(27)17-26-11-3-2-4-12-26/h5-9,14,16,20,25,27H,2-4,10-13,15,17-18H2,1H3/t20-/m1/s1. The fourth-order valence-corrected chi connectivity index (χ4v) is 3.53. The molecule has 2 N–H and O–H groups in total. The van der Waals surface area contributed by atoms with Crippen LogP contribution in [0.1, 0.15) is 24.8 Å². The first-order valence-electron chi connectivity index (χ1n) is 10.7. The van der Waals surface area contributed by atoms with Crippen LogP contribution < -0.4 is 19.5 Å². The van der Waals surface area contributed by atoms with Gasteiger partial charge < -0.3 is 29.5 Å². The monoisotopic (exact) mass is 415 g/mol. The van der Waals surface area contributed by atoms with E-state index in [1.54, 1.807) is 19.5 Å². The molecule has 0 spiro atoms. The molecule has 7 heteroatoms. The van der Waals surface area contributed by atoms with Crippen molar-refractivity contribution in [2.75, 3.05) is 46.5 Å². The van der Waals surface area contributed by atoms with Crippen molar-refractivity contribution in [3.05, 3.63) is 48.3 Å². The van der Waals surface area contributed by atoms with E-state index >= 15 is 0 Å². The Kier molecular flexibility index (Phi) is 9.21. The van der Waals surface area contributed by atoms with E-state index in [0.29, 0.717) is 37.7 Å². The minimum atomic E-state index is -0.515. The van der Waals surface area contributed by atoms with Crippen LogP contribution in [0.4, 0.5) is 0 Å². The molecule has 1 aliphatic rings. The third-order valence-electron chi connectivity index (χ3n) is 5.09. The molecule has 2 heterocycles. The number of ether oxygens (including phenoxy) is 3. The largest absolute Gasteiger partial charge is 0.493 e. The van der Waals surface area contributed by atoms with Crippen LogP contribution in [0.2, 0.25) is 0 Å². The Morgan fingerprint density at radius 1 is 1.13 bits per heavy atom. The van der Waals surface area contributed by atoms with Gasteiger partial charge in [0.15, 0.2) is 11.5 Å². The van der Waals surface area contributed by atoms with Gasteiger partial charge in [-0.3, -0.25) is 4.98 Å². The number of rotatable bonds is 12. The lowest BCUT2D eigenvalue weighted by molar-refractivity contribution is 0.0608. The SMILES string of the molecule is COc1ccc(CNCCOc2cccnc2)cc1OC[C@H](O)CN1CCCCC1. The highest BCUT2D eigenvalue weighted by Gasteiger charge is 2.16. The summed E-state index contributed by atoms with van der Waals surface area (Å²) in [7, 11) is 1.63. The first-order chi connectivity index (χ1) is 14.7. The maximum absolute atomic E-state index is 10.4. The second kappa shape index (κ2) is 12.4. The van der Waals surface area contributed by atoms with Crippen molar-refractivity contribution < 1.29 is 19.3 Å². The summed E-state index contributed by atoms with van der Waals surface area (Å²) < 4.78 is 16.9. The lowest BCUT2D eigenvalue weighted by atomic mass is 10.1. The maximum Gasteiger partial charge on any atom is 0.161 e. The van der Waals surface area contributed by atoms with E-state index in [-0.39, 0.29) is 6.61 Å². The molecule has 1 fully saturated rings. The van der Waals surface area contributed by atoms with E-state index in [0.717, 1.165) is 24.4 Å². The van der Waals surface area contributed by atoms with Gasteiger partial charge in [0.1, 0.15) is 25.1 Å². The molecule has 1 aliphatic heterocycles. The van der Waals surface area contributed by atoms with Crippen LogP contribution in [0.3, 0.4) is 0 Å². The molecule has 0 aliphatic carbocycles. The van der Waals surface area contributed by atoms with Crippen LogP contribution in [0.15, 0.2) is 42.7 Å². The van der Waals surface area contributed by atoms with Crippen molar-refractivity contribution in [1.29, 1.82) is 0 Å². The van der Waals surface area contributed by atoms with Gasteiger partial charge in [-0.05, 0) is 55.8 Å². The predicted octanol–water partition coefficient (Wildman–Crippen LogP) is 2.48. The van der Waals surface area contributed by atoms with Crippen LogP contribution in [-0.4, -0.2) is 67.6 Å². The summed E-state index contributed by atoms with van der Waals surface area (Å²) in [5.74, 6) is 2.09. The highest BCUT2D eigenvalue weighted by molar-refractivity contribution is 5.43. The first kappa shape index (κ1) is 22.3. The summed E-state index contributed by atoms with van der Waals surface area (Å²) in [5, 5.41) is 13.7. The number of β-amino-alcohol motifs (C(OH)–C–C–N with tert-alkyl or cyclic N) is 1. The molecule has 1 aromatic carbocycles. The predicted molar refractivity (Wildman–Crippen MR) is 116 cm³/mol. The van der Waals surface area contributed by atoms with Crippen molar-refractivity contribution in [2.24, 2.45) is 0 Å². The Balaban J connectivity index is 1.42. The van der Waals surface area contributed by atoms with Gasteiger partial charge in [0.2, 0.25) is 0 Å². The van der Waals surface area contributed by atoms with Gasteiger partial charge in [-0.1, -0.05) is 12.5 Å². The highest BCUT2D eigenvalue weighted by Crippen LogP contribution is 2.28. The van der Waals surface area contributed by atoms with E-state index in [1.165, 1.54) is 19.3 Å². The molecule has 0 saturated carbocycles. The zero-order chi connectivity index (χ0) is 21.0.